The minimum absolute atomic E-state index is 0.314. The van der Waals surface area contributed by atoms with Gasteiger partial charge in [-0.15, -0.1) is 0 Å². The predicted molar refractivity (Wildman–Crippen MR) is 50.1 cm³/mol. The van der Waals surface area contributed by atoms with E-state index in [1.807, 2.05) is 0 Å². The van der Waals surface area contributed by atoms with Crippen molar-refractivity contribution < 1.29 is 9.13 Å². The number of ether oxygens (including phenoxy) is 1. The van der Waals surface area contributed by atoms with E-state index in [0.717, 1.165) is 0 Å². The van der Waals surface area contributed by atoms with Crippen molar-refractivity contribution in [3.63, 3.8) is 0 Å². The minimum atomic E-state index is -0.314. The minimum Gasteiger partial charge on any atom is -0.497 e. The smallest absolute Gasteiger partial charge is 0.138 e. The lowest BCUT2D eigenvalue weighted by molar-refractivity contribution is 0.370. The highest BCUT2D eigenvalue weighted by Crippen LogP contribution is 2.25. The molecule has 0 fully saturated rings. The van der Waals surface area contributed by atoms with Crippen LogP contribution in [0.4, 0.5) is 4.39 Å². The molecule has 1 rings (SSSR count). The molecule has 1 aromatic carbocycles. The van der Waals surface area contributed by atoms with Gasteiger partial charge in [0.05, 0.1) is 11.6 Å². The summed E-state index contributed by atoms with van der Waals surface area (Å²) in [5.41, 5.74) is 0.637. The van der Waals surface area contributed by atoms with E-state index in [-0.39, 0.29) is 5.82 Å². The van der Waals surface area contributed by atoms with Gasteiger partial charge in [-0.1, -0.05) is 12.6 Å². The van der Waals surface area contributed by atoms with Gasteiger partial charge in [0.2, 0.25) is 0 Å². The second kappa shape index (κ2) is 3.72. The van der Waals surface area contributed by atoms with Crippen LogP contribution in [0, 0.1) is 5.82 Å². The molecule has 3 heteroatoms. The molecule has 1 nitrogen and oxygen atoms in total. The average molecular weight is 231 g/mol. The van der Waals surface area contributed by atoms with E-state index in [1.165, 1.54) is 13.2 Å². The van der Waals surface area contributed by atoms with Gasteiger partial charge < -0.3 is 4.74 Å². The van der Waals surface area contributed by atoms with Crippen molar-refractivity contribution in [1.82, 2.24) is 0 Å². The SMILES string of the molecule is C=C(OC)c1cccc(F)c1Br. The molecule has 64 valence electrons. The lowest BCUT2D eigenvalue weighted by Crippen LogP contribution is -1.89. The third-order valence-electron chi connectivity index (χ3n) is 1.50. The molecule has 0 unspecified atom stereocenters. The first kappa shape index (κ1) is 9.26. The highest BCUT2D eigenvalue weighted by molar-refractivity contribution is 9.10. The molecule has 0 aliphatic heterocycles. The number of halogens is 2. The highest BCUT2D eigenvalue weighted by atomic mass is 79.9. The average Bonchev–Trinajstić information content (AvgIpc) is 2.08. The van der Waals surface area contributed by atoms with Gasteiger partial charge in [-0.3, -0.25) is 0 Å². The molecule has 0 saturated carbocycles. The predicted octanol–water partition coefficient (Wildman–Crippen LogP) is 3.21. The van der Waals surface area contributed by atoms with E-state index in [4.69, 9.17) is 4.74 Å². The van der Waals surface area contributed by atoms with Crippen molar-refractivity contribution in [2.75, 3.05) is 7.11 Å². The second-order valence-electron chi connectivity index (χ2n) is 2.23. The topological polar surface area (TPSA) is 9.23 Å². The van der Waals surface area contributed by atoms with Crippen LogP contribution in [0.5, 0.6) is 0 Å². The lowest BCUT2D eigenvalue weighted by atomic mass is 10.2. The zero-order valence-electron chi connectivity index (χ0n) is 6.60. The van der Waals surface area contributed by atoms with Crippen LogP contribution in [0.15, 0.2) is 29.3 Å². The maximum absolute atomic E-state index is 12.9. The Bertz CT molecular complexity index is 309. The first-order chi connectivity index (χ1) is 5.66. The van der Waals surface area contributed by atoms with Crippen molar-refractivity contribution in [3.8, 4) is 0 Å². The van der Waals surface area contributed by atoms with Crippen LogP contribution in [0.25, 0.3) is 5.76 Å². The van der Waals surface area contributed by atoms with E-state index in [9.17, 15) is 4.39 Å². The van der Waals surface area contributed by atoms with Crippen LogP contribution < -0.4 is 0 Å². The van der Waals surface area contributed by atoms with E-state index < -0.39 is 0 Å². The zero-order valence-corrected chi connectivity index (χ0v) is 8.19. The molecule has 1 aromatic rings. The Morgan fingerprint density at radius 2 is 2.25 bits per heavy atom. The monoisotopic (exact) mass is 230 g/mol. The summed E-state index contributed by atoms with van der Waals surface area (Å²) in [4.78, 5) is 0. The van der Waals surface area contributed by atoms with E-state index in [1.54, 1.807) is 12.1 Å². The Morgan fingerprint density at radius 3 is 2.83 bits per heavy atom. The van der Waals surface area contributed by atoms with Crippen LogP contribution in [0.2, 0.25) is 0 Å². The molecular weight excluding hydrogens is 223 g/mol. The lowest BCUT2D eigenvalue weighted by Gasteiger charge is -2.06. The maximum Gasteiger partial charge on any atom is 0.138 e. The summed E-state index contributed by atoms with van der Waals surface area (Å²) in [5.74, 6) is 0.132. The molecule has 12 heavy (non-hydrogen) atoms. The van der Waals surface area contributed by atoms with Gasteiger partial charge >= 0.3 is 0 Å². The van der Waals surface area contributed by atoms with Gasteiger partial charge in [-0.25, -0.2) is 4.39 Å². The summed E-state index contributed by atoms with van der Waals surface area (Å²) in [6, 6.07) is 4.72. The second-order valence-corrected chi connectivity index (χ2v) is 3.02. The standard InChI is InChI=1S/C9H8BrFO/c1-6(12-2)7-4-3-5-8(11)9(7)10/h3-5H,1H2,2H3. The first-order valence-electron chi connectivity index (χ1n) is 3.34. The fourth-order valence-corrected chi connectivity index (χ4v) is 1.31. The Kier molecular flexibility index (Phi) is 2.87. The van der Waals surface area contributed by atoms with Gasteiger partial charge in [0.1, 0.15) is 11.6 Å². The summed E-state index contributed by atoms with van der Waals surface area (Å²) >= 11 is 3.11. The van der Waals surface area contributed by atoms with Gasteiger partial charge in [0, 0.05) is 5.56 Å². The molecule has 0 N–H and O–H groups in total. The largest absolute Gasteiger partial charge is 0.497 e. The number of methoxy groups -OCH3 is 1. The molecule has 0 amide bonds. The Hall–Kier alpha value is -0.830. The molecule has 0 bridgehead atoms. The summed E-state index contributed by atoms with van der Waals surface area (Å²) in [6.45, 7) is 3.63. The maximum atomic E-state index is 12.9. The Labute approximate surface area is 79.0 Å². The van der Waals surface area contributed by atoms with Crippen LogP contribution >= 0.6 is 15.9 Å². The van der Waals surface area contributed by atoms with Crippen LogP contribution in [0.1, 0.15) is 5.56 Å². The third-order valence-corrected chi connectivity index (χ3v) is 2.30. The number of benzene rings is 1. The van der Waals surface area contributed by atoms with Gasteiger partial charge in [-0.05, 0) is 28.1 Å². The number of hydrogen-bond acceptors (Lipinski definition) is 1. The highest BCUT2D eigenvalue weighted by Gasteiger charge is 2.07. The molecule has 0 heterocycles. The third kappa shape index (κ3) is 1.67. The van der Waals surface area contributed by atoms with Crippen molar-refractivity contribution in [2.45, 2.75) is 0 Å². The van der Waals surface area contributed by atoms with Crippen molar-refractivity contribution in [1.29, 1.82) is 0 Å². The van der Waals surface area contributed by atoms with E-state index in [0.29, 0.717) is 15.8 Å². The van der Waals surface area contributed by atoms with Gasteiger partial charge in [0.15, 0.2) is 0 Å². The van der Waals surface area contributed by atoms with Crippen LogP contribution in [0.3, 0.4) is 0 Å². The Morgan fingerprint density at radius 1 is 1.58 bits per heavy atom. The molecule has 0 aliphatic rings. The first-order valence-corrected chi connectivity index (χ1v) is 4.13. The molecule has 0 aliphatic carbocycles. The fourth-order valence-electron chi connectivity index (χ4n) is 0.829. The van der Waals surface area contributed by atoms with E-state index in [2.05, 4.69) is 22.5 Å². The molecular formula is C9H8BrFO. The number of rotatable bonds is 2. The summed E-state index contributed by atoms with van der Waals surface area (Å²) < 4.78 is 18.2. The van der Waals surface area contributed by atoms with E-state index >= 15 is 0 Å². The van der Waals surface area contributed by atoms with Crippen molar-refractivity contribution in [3.05, 3.63) is 40.6 Å². The summed E-state index contributed by atoms with van der Waals surface area (Å²) in [5, 5.41) is 0. The molecule has 0 atom stereocenters. The zero-order chi connectivity index (χ0) is 9.14. The summed E-state index contributed by atoms with van der Waals surface area (Å²) in [7, 11) is 1.50. The molecule has 0 spiro atoms. The normalized spacial score (nSPS) is 9.58. The molecule has 0 saturated heterocycles. The van der Waals surface area contributed by atoms with Gasteiger partial charge in [-0.2, -0.15) is 0 Å². The summed E-state index contributed by atoms with van der Waals surface area (Å²) in [6.07, 6.45) is 0. The van der Waals surface area contributed by atoms with Gasteiger partial charge in [0.25, 0.3) is 0 Å². The Balaban J connectivity index is 3.16. The van der Waals surface area contributed by atoms with Crippen LogP contribution in [-0.4, -0.2) is 7.11 Å². The van der Waals surface area contributed by atoms with Crippen molar-refractivity contribution in [2.24, 2.45) is 0 Å². The fraction of sp³-hybridized carbons (Fsp3) is 0.111. The number of hydrogen-bond donors (Lipinski definition) is 0. The van der Waals surface area contributed by atoms with Crippen molar-refractivity contribution >= 4 is 21.7 Å². The molecule has 0 radical (unpaired) electrons. The quantitative estimate of drug-likeness (QED) is 0.710. The molecule has 0 aromatic heterocycles. The van der Waals surface area contributed by atoms with Crippen LogP contribution in [-0.2, 0) is 4.74 Å².